The third kappa shape index (κ3) is 5.50. The van der Waals surface area contributed by atoms with Gasteiger partial charge in [0.25, 0.3) is 0 Å². The molecule has 0 radical (unpaired) electrons. The van der Waals surface area contributed by atoms with Gasteiger partial charge in [0.15, 0.2) is 5.71 Å². The molecule has 0 saturated heterocycles. The largest absolute Gasteiger partial charge is 0.367 e. The Kier molecular flexibility index (Phi) is 8.13. The van der Waals surface area contributed by atoms with Crippen LogP contribution in [0.2, 0.25) is 0 Å². The Balaban J connectivity index is 1.27. The van der Waals surface area contributed by atoms with Crippen molar-refractivity contribution in [2.24, 2.45) is 0 Å². The molecule has 7 heteroatoms. The van der Waals surface area contributed by atoms with Gasteiger partial charge < -0.3 is 4.90 Å². The number of hydrogen-bond acceptors (Lipinski definition) is 5. The van der Waals surface area contributed by atoms with Gasteiger partial charge in [0, 0.05) is 40.8 Å². The van der Waals surface area contributed by atoms with E-state index < -0.39 is 0 Å². The minimum atomic E-state index is -0.0825. The molecule has 3 heterocycles. The second-order valence-corrected chi connectivity index (χ2v) is 14.8. The van der Waals surface area contributed by atoms with Crippen LogP contribution in [0.15, 0.2) is 130 Å². The molecule has 2 aliphatic heterocycles. The van der Waals surface area contributed by atoms with Gasteiger partial charge in [-0.2, -0.15) is 9.26 Å². The van der Waals surface area contributed by atoms with Crippen molar-refractivity contribution < 1.29 is 4.58 Å². The summed E-state index contributed by atoms with van der Waals surface area (Å²) in [7, 11) is 4.39. The van der Waals surface area contributed by atoms with Crippen LogP contribution >= 0.6 is 11.8 Å². The van der Waals surface area contributed by atoms with Crippen LogP contribution < -0.4 is 4.90 Å². The maximum atomic E-state index is 4.49. The number of fused-ring (bicyclic) bond motifs is 2. The van der Waals surface area contributed by atoms with Gasteiger partial charge in [0.1, 0.15) is 7.05 Å². The maximum Gasteiger partial charge on any atom is 0.218 e. The lowest BCUT2D eigenvalue weighted by molar-refractivity contribution is -0.401. The summed E-state index contributed by atoms with van der Waals surface area (Å²) in [6.07, 6.45) is 14.8. The number of aromatic nitrogens is 4. The predicted octanol–water partition coefficient (Wildman–Crippen LogP) is 8.73. The molecular formula is C40H43N6S+. The van der Waals surface area contributed by atoms with Gasteiger partial charge in [0.05, 0.1) is 17.1 Å². The molecule has 1 unspecified atom stereocenters. The molecule has 0 saturated carbocycles. The Morgan fingerprint density at radius 2 is 1.60 bits per heavy atom. The normalized spacial score (nSPS) is 21.0. The molecule has 7 rings (SSSR count). The monoisotopic (exact) mass is 639 g/mol. The standard InChI is InChI=1S/C40H43N6S/c1-39(2)31-21-10-12-23-33(31)44(5)35(39)25-15-18-28-16-14-17-29(26-27-36-40(3,4)32-22-11-13-24-34(32)45(36)6)37(28)47-38-41-42-43-46(38)30-19-8-7-9-20-30/h7-13,15,18-27,35H,14,16-17H2,1-6H3/q+1/b25-15+,27-26+,28-18+. The smallest absolute Gasteiger partial charge is 0.218 e. The van der Waals surface area contributed by atoms with Gasteiger partial charge in [-0.25, -0.2) is 0 Å². The van der Waals surface area contributed by atoms with Gasteiger partial charge in [-0.3, -0.25) is 0 Å². The minimum Gasteiger partial charge on any atom is -0.367 e. The van der Waals surface area contributed by atoms with Crippen molar-refractivity contribution in [1.82, 2.24) is 20.2 Å². The number of rotatable bonds is 7. The summed E-state index contributed by atoms with van der Waals surface area (Å²) in [6.45, 7) is 9.35. The number of likely N-dealkylation sites (N-methyl/N-ethyl adjacent to an activating group) is 1. The molecule has 1 aromatic heterocycles. The van der Waals surface area contributed by atoms with E-state index in [-0.39, 0.29) is 16.9 Å². The van der Waals surface area contributed by atoms with E-state index in [0.29, 0.717) is 0 Å². The van der Waals surface area contributed by atoms with Crippen LogP contribution in [0.3, 0.4) is 0 Å². The lowest BCUT2D eigenvalue weighted by atomic mass is 9.80. The maximum absolute atomic E-state index is 4.49. The molecule has 6 nitrogen and oxygen atoms in total. The first-order valence-electron chi connectivity index (χ1n) is 16.5. The SMILES string of the molecule is CN1c2ccccc2C(C)(C)C1/C=C/C=C1\CCCC(/C=C/C2=[N+](C)c3ccccc3C2(C)C)=C1Sc1nnnn1-c1ccccc1. The van der Waals surface area contributed by atoms with Crippen LogP contribution in [-0.4, -0.2) is 50.6 Å². The van der Waals surface area contributed by atoms with Gasteiger partial charge in [0.2, 0.25) is 10.8 Å². The van der Waals surface area contributed by atoms with E-state index in [4.69, 9.17) is 0 Å². The third-order valence-corrected chi connectivity index (χ3v) is 11.4. The fourth-order valence-electron chi connectivity index (χ4n) is 7.66. The fraction of sp³-hybridized carbons (Fsp3) is 0.300. The van der Waals surface area contributed by atoms with Crippen LogP contribution in [0.5, 0.6) is 0 Å². The Morgan fingerprint density at radius 3 is 2.36 bits per heavy atom. The number of benzene rings is 3. The first kappa shape index (κ1) is 31.1. The molecule has 0 N–H and O–H groups in total. The van der Waals surface area contributed by atoms with E-state index in [0.717, 1.165) is 30.1 Å². The van der Waals surface area contributed by atoms with Crippen molar-refractivity contribution in [3.8, 4) is 5.69 Å². The summed E-state index contributed by atoms with van der Waals surface area (Å²) in [6, 6.07) is 27.9. The number of hydrogen-bond donors (Lipinski definition) is 0. The van der Waals surface area contributed by atoms with Gasteiger partial charge >= 0.3 is 0 Å². The Bertz CT molecular complexity index is 1970. The van der Waals surface area contributed by atoms with Crippen molar-refractivity contribution in [3.05, 3.63) is 136 Å². The number of nitrogens with zero attached hydrogens (tertiary/aromatic N) is 6. The highest BCUT2D eigenvalue weighted by atomic mass is 32.2. The van der Waals surface area contributed by atoms with Crippen LogP contribution in [0.25, 0.3) is 5.69 Å². The van der Waals surface area contributed by atoms with Crippen molar-refractivity contribution in [3.63, 3.8) is 0 Å². The highest BCUT2D eigenvalue weighted by Gasteiger charge is 2.43. The summed E-state index contributed by atoms with van der Waals surface area (Å²) in [4.78, 5) is 3.65. The number of para-hydroxylation sites is 3. The lowest BCUT2D eigenvalue weighted by Crippen LogP contribution is -2.37. The summed E-state index contributed by atoms with van der Waals surface area (Å²) >= 11 is 1.67. The van der Waals surface area contributed by atoms with E-state index in [2.05, 4.69) is 146 Å². The number of tetrazole rings is 1. The molecule has 1 aliphatic carbocycles. The molecule has 3 aromatic carbocycles. The second kappa shape index (κ2) is 12.3. The highest BCUT2D eigenvalue weighted by molar-refractivity contribution is 8.03. The van der Waals surface area contributed by atoms with Gasteiger partial charge in [-0.1, -0.05) is 92.7 Å². The second-order valence-electron chi connectivity index (χ2n) is 13.8. The molecule has 238 valence electrons. The van der Waals surface area contributed by atoms with Crippen LogP contribution in [-0.2, 0) is 10.8 Å². The molecule has 0 bridgehead atoms. The minimum absolute atomic E-state index is 0.0148. The summed E-state index contributed by atoms with van der Waals surface area (Å²) in [5.41, 5.74) is 10.2. The zero-order valence-electron chi connectivity index (χ0n) is 28.2. The molecule has 0 spiro atoms. The predicted molar refractivity (Wildman–Crippen MR) is 194 cm³/mol. The topological polar surface area (TPSA) is 49.9 Å². The molecule has 0 fully saturated rings. The first-order valence-corrected chi connectivity index (χ1v) is 17.3. The van der Waals surface area contributed by atoms with Crippen LogP contribution in [0.1, 0.15) is 58.1 Å². The van der Waals surface area contributed by atoms with Gasteiger partial charge in [-0.05, 0) is 90.2 Å². The number of allylic oxidation sites excluding steroid dienone is 6. The Hall–Kier alpha value is -4.49. The van der Waals surface area contributed by atoms with Crippen molar-refractivity contribution in [2.45, 2.75) is 69.0 Å². The Labute approximate surface area is 282 Å². The van der Waals surface area contributed by atoms with Crippen LogP contribution in [0.4, 0.5) is 11.4 Å². The van der Waals surface area contributed by atoms with Crippen molar-refractivity contribution in [1.29, 1.82) is 0 Å². The third-order valence-electron chi connectivity index (χ3n) is 10.2. The molecule has 0 amide bonds. The zero-order valence-corrected chi connectivity index (χ0v) is 29.0. The molecule has 1 atom stereocenters. The lowest BCUT2D eigenvalue weighted by Gasteiger charge is -2.29. The highest BCUT2D eigenvalue weighted by Crippen LogP contribution is 2.46. The summed E-state index contributed by atoms with van der Waals surface area (Å²) < 4.78 is 4.18. The molecule has 47 heavy (non-hydrogen) atoms. The van der Waals surface area contributed by atoms with E-state index in [1.165, 1.54) is 44.3 Å². The van der Waals surface area contributed by atoms with Crippen molar-refractivity contribution in [2.75, 3.05) is 19.0 Å². The van der Waals surface area contributed by atoms with E-state index >= 15 is 0 Å². The fourth-order valence-corrected chi connectivity index (χ4v) is 8.75. The van der Waals surface area contributed by atoms with Crippen molar-refractivity contribution >= 4 is 28.8 Å². The number of thioether (sulfide) groups is 1. The summed E-state index contributed by atoms with van der Waals surface area (Å²) in [5.74, 6) is 0. The molecule has 4 aromatic rings. The van der Waals surface area contributed by atoms with Crippen LogP contribution in [0, 0.1) is 0 Å². The average Bonchev–Trinajstić information content (AvgIpc) is 3.68. The molecular weight excluding hydrogens is 597 g/mol. The van der Waals surface area contributed by atoms with E-state index in [9.17, 15) is 0 Å². The van der Waals surface area contributed by atoms with E-state index in [1.54, 1.807) is 11.8 Å². The molecule has 3 aliphatic rings. The first-order chi connectivity index (χ1) is 22.7. The quantitative estimate of drug-likeness (QED) is 0.189. The Morgan fingerprint density at radius 1 is 0.872 bits per heavy atom. The van der Waals surface area contributed by atoms with Gasteiger partial charge in [-0.15, -0.1) is 5.10 Å². The number of anilines is 1. The average molecular weight is 640 g/mol. The summed E-state index contributed by atoms with van der Waals surface area (Å²) in [5, 5.41) is 13.7. The van der Waals surface area contributed by atoms with E-state index in [1.807, 2.05) is 35.0 Å². The zero-order chi connectivity index (χ0) is 32.8.